The number of rotatable bonds is 6. The number of hydrogen-bond donors (Lipinski definition) is 1. The highest BCUT2D eigenvalue weighted by atomic mass is 79.9. The summed E-state index contributed by atoms with van der Waals surface area (Å²) in [5, 5.41) is 5.03. The molecule has 1 aromatic carbocycles. The normalized spacial score (nSPS) is 11.6. The van der Waals surface area contributed by atoms with E-state index >= 15 is 0 Å². The van der Waals surface area contributed by atoms with Gasteiger partial charge in [-0.05, 0) is 42.5 Å². The fraction of sp³-hybridized carbons (Fsp3) is 0.412. The predicted molar refractivity (Wildman–Crippen MR) is 90.9 cm³/mol. The van der Waals surface area contributed by atoms with Gasteiger partial charge in [0.2, 0.25) is 0 Å². The molecule has 0 saturated carbocycles. The highest BCUT2D eigenvalue weighted by Crippen LogP contribution is 2.22. The summed E-state index contributed by atoms with van der Waals surface area (Å²) in [5.74, 6) is -0.0207. The Morgan fingerprint density at radius 2 is 2.14 bits per heavy atom. The molecule has 1 aromatic heterocycles. The van der Waals surface area contributed by atoms with Crippen LogP contribution in [0.5, 0.6) is 0 Å². The van der Waals surface area contributed by atoms with Crippen LogP contribution < -0.4 is 5.32 Å². The fourth-order valence-electron chi connectivity index (χ4n) is 2.27. The van der Waals surface area contributed by atoms with Crippen molar-refractivity contribution in [2.24, 2.45) is 5.41 Å². The standard InChI is InChI=1S/C17H21BrN2O/c1-17(2,8-4-9-18)12-20-16(21)14-6-7-15-13(11-14)5-3-10-19-15/h3,5-7,10-11H,4,8-9,12H2,1-2H3,(H,20,21). The Kier molecular flexibility index (Phi) is 5.34. The molecule has 0 aliphatic heterocycles. The SMILES string of the molecule is CC(C)(CCCBr)CNC(=O)c1ccc2ncccc2c1. The van der Waals surface area contributed by atoms with Crippen LogP contribution in [0.15, 0.2) is 36.5 Å². The average Bonchev–Trinajstić information content (AvgIpc) is 2.50. The van der Waals surface area contributed by atoms with E-state index in [2.05, 4.69) is 40.1 Å². The number of hydrogen-bond acceptors (Lipinski definition) is 2. The molecule has 4 heteroatoms. The molecule has 0 fully saturated rings. The van der Waals surface area contributed by atoms with Gasteiger partial charge in [0.15, 0.2) is 0 Å². The van der Waals surface area contributed by atoms with E-state index < -0.39 is 0 Å². The van der Waals surface area contributed by atoms with Gasteiger partial charge in [-0.2, -0.15) is 0 Å². The number of alkyl halides is 1. The molecule has 1 amide bonds. The highest BCUT2D eigenvalue weighted by molar-refractivity contribution is 9.09. The van der Waals surface area contributed by atoms with E-state index in [1.54, 1.807) is 6.20 Å². The Labute approximate surface area is 134 Å². The summed E-state index contributed by atoms with van der Waals surface area (Å²) in [6, 6.07) is 9.46. The number of nitrogens with one attached hydrogen (secondary N) is 1. The fourth-order valence-corrected chi connectivity index (χ4v) is 2.55. The van der Waals surface area contributed by atoms with Crippen molar-refractivity contribution in [3.63, 3.8) is 0 Å². The highest BCUT2D eigenvalue weighted by Gasteiger charge is 2.18. The summed E-state index contributed by atoms with van der Waals surface area (Å²) in [4.78, 5) is 16.5. The molecule has 0 spiro atoms. The molecule has 0 bridgehead atoms. The van der Waals surface area contributed by atoms with Crippen LogP contribution in [0, 0.1) is 5.41 Å². The van der Waals surface area contributed by atoms with E-state index in [0.717, 1.165) is 29.1 Å². The summed E-state index contributed by atoms with van der Waals surface area (Å²) in [7, 11) is 0. The molecule has 112 valence electrons. The van der Waals surface area contributed by atoms with Crippen LogP contribution in [0.2, 0.25) is 0 Å². The molecular formula is C17H21BrN2O. The molecular weight excluding hydrogens is 328 g/mol. The van der Waals surface area contributed by atoms with Gasteiger partial charge in [-0.3, -0.25) is 9.78 Å². The summed E-state index contributed by atoms with van der Waals surface area (Å²) in [6.07, 6.45) is 3.96. The number of carbonyl (C=O) groups is 1. The van der Waals surface area contributed by atoms with Crippen molar-refractivity contribution in [2.45, 2.75) is 26.7 Å². The van der Waals surface area contributed by atoms with Crippen LogP contribution in [0.25, 0.3) is 10.9 Å². The molecule has 0 aliphatic carbocycles. The minimum Gasteiger partial charge on any atom is -0.352 e. The molecule has 2 aromatic rings. The number of nitrogens with zero attached hydrogens (tertiary/aromatic N) is 1. The van der Waals surface area contributed by atoms with E-state index in [0.29, 0.717) is 12.1 Å². The minimum atomic E-state index is -0.0207. The van der Waals surface area contributed by atoms with Gasteiger partial charge in [0.05, 0.1) is 5.52 Å². The van der Waals surface area contributed by atoms with Crippen molar-refractivity contribution >= 4 is 32.7 Å². The Morgan fingerprint density at radius 1 is 1.33 bits per heavy atom. The molecule has 0 saturated heterocycles. The topological polar surface area (TPSA) is 42.0 Å². The lowest BCUT2D eigenvalue weighted by Gasteiger charge is -2.24. The number of amides is 1. The van der Waals surface area contributed by atoms with Crippen molar-refractivity contribution in [1.29, 1.82) is 0 Å². The molecule has 2 rings (SSSR count). The van der Waals surface area contributed by atoms with Gasteiger partial charge in [0.1, 0.15) is 0 Å². The first kappa shape index (κ1) is 16.0. The van der Waals surface area contributed by atoms with E-state index in [1.165, 1.54) is 0 Å². The lowest BCUT2D eigenvalue weighted by molar-refractivity contribution is 0.0934. The predicted octanol–water partition coefficient (Wildman–Crippen LogP) is 4.17. The van der Waals surface area contributed by atoms with Crippen LogP contribution in [0.4, 0.5) is 0 Å². The molecule has 0 atom stereocenters. The van der Waals surface area contributed by atoms with E-state index in [9.17, 15) is 4.79 Å². The van der Waals surface area contributed by atoms with Gasteiger partial charge in [-0.15, -0.1) is 0 Å². The Morgan fingerprint density at radius 3 is 2.90 bits per heavy atom. The average molecular weight is 349 g/mol. The smallest absolute Gasteiger partial charge is 0.251 e. The first-order valence-corrected chi connectivity index (χ1v) is 8.33. The monoisotopic (exact) mass is 348 g/mol. The van der Waals surface area contributed by atoms with E-state index in [1.807, 2.05) is 30.3 Å². The maximum absolute atomic E-state index is 12.3. The van der Waals surface area contributed by atoms with Gasteiger partial charge in [0.25, 0.3) is 5.91 Å². The summed E-state index contributed by atoms with van der Waals surface area (Å²) in [6.45, 7) is 5.05. The van der Waals surface area contributed by atoms with E-state index in [-0.39, 0.29) is 11.3 Å². The molecule has 1 heterocycles. The van der Waals surface area contributed by atoms with Crippen molar-refractivity contribution in [2.75, 3.05) is 11.9 Å². The number of aromatic nitrogens is 1. The molecule has 0 aliphatic rings. The summed E-state index contributed by atoms with van der Waals surface area (Å²) in [5.41, 5.74) is 1.71. The van der Waals surface area contributed by atoms with Crippen LogP contribution in [0.3, 0.4) is 0 Å². The minimum absolute atomic E-state index is 0.0207. The zero-order valence-corrected chi connectivity index (χ0v) is 14.1. The Hall–Kier alpha value is -1.42. The maximum atomic E-state index is 12.3. The first-order chi connectivity index (χ1) is 10.0. The van der Waals surface area contributed by atoms with Crippen molar-refractivity contribution in [1.82, 2.24) is 10.3 Å². The summed E-state index contributed by atoms with van der Waals surface area (Å²) < 4.78 is 0. The van der Waals surface area contributed by atoms with Crippen LogP contribution >= 0.6 is 15.9 Å². The van der Waals surface area contributed by atoms with Gasteiger partial charge in [0, 0.05) is 29.0 Å². The number of carbonyl (C=O) groups excluding carboxylic acids is 1. The zero-order chi connectivity index (χ0) is 15.3. The zero-order valence-electron chi connectivity index (χ0n) is 12.5. The van der Waals surface area contributed by atoms with Gasteiger partial charge < -0.3 is 5.32 Å². The van der Waals surface area contributed by atoms with E-state index in [4.69, 9.17) is 0 Å². The van der Waals surface area contributed by atoms with Gasteiger partial charge >= 0.3 is 0 Å². The van der Waals surface area contributed by atoms with Crippen molar-refractivity contribution in [3.05, 3.63) is 42.1 Å². The number of pyridine rings is 1. The molecule has 3 nitrogen and oxygen atoms in total. The van der Waals surface area contributed by atoms with Crippen LogP contribution in [0.1, 0.15) is 37.0 Å². The molecule has 0 radical (unpaired) electrons. The second-order valence-corrected chi connectivity index (χ2v) is 6.84. The number of halogens is 1. The third kappa shape index (κ3) is 4.53. The quantitative estimate of drug-likeness (QED) is 0.796. The molecule has 21 heavy (non-hydrogen) atoms. The molecule has 1 N–H and O–H groups in total. The van der Waals surface area contributed by atoms with Crippen molar-refractivity contribution in [3.8, 4) is 0 Å². The van der Waals surface area contributed by atoms with Gasteiger partial charge in [-0.1, -0.05) is 35.8 Å². The number of fused-ring (bicyclic) bond motifs is 1. The number of benzene rings is 1. The van der Waals surface area contributed by atoms with Crippen LogP contribution in [-0.4, -0.2) is 22.8 Å². The second-order valence-electron chi connectivity index (χ2n) is 6.05. The lowest BCUT2D eigenvalue weighted by Crippen LogP contribution is -2.34. The largest absolute Gasteiger partial charge is 0.352 e. The van der Waals surface area contributed by atoms with Crippen LogP contribution in [-0.2, 0) is 0 Å². The molecule has 0 unspecified atom stereocenters. The third-order valence-corrected chi connectivity index (χ3v) is 4.14. The lowest BCUT2D eigenvalue weighted by atomic mass is 9.88. The van der Waals surface area contributed by atoms with Crippen molar-refractivity contribution < 1.29 is 4.79 Å². The Balaban J connectivity index is 2.02. The first-order valence-electron chi connectivity index (χ1n) is 7.21. The third-order valence-electron chi connectivity index (χ3n) is 3.58. The second kappa shape index (κ2) is 7.03. The summed E-state index contributed by atoms with van der Waals surface area (Å²) >= 11 is 3.45. The Bertz CT molecular complexity index is 625. The van der Waals surface area contributed by atoms with Gasteiger partial charge in [-0.25, -0.2) is 0 Å². The maximum Gasteiger partial charge on any atom is 0.251 e.